The molecule has 164 valence electrons. The van der Waals surface area contributed by atoms with Crippen LogP contribution in [0, 0.1) is 0 Å². The molecule has 0 aliphatic rings. The highest BCUT2D eigenvalue weighted by Crippen LogP contribution is 2.13. The standard InChI is InChI=1S/C12H16Br2O8.C4H10O2/c1-8(13)6-20-10(15)19-5-3-4-12(17,18)22-11(16)21-7-9(2)14;1-2-3-4(5)6/h17-18H,1-7H2;4-6H,2-3H2,1H3. The van der Waals surface area contributed by atoms with Crippen molar-refractivity contribution in [2.24, 2.45) is 0 Å². The van der Waals surface area contributed by atoms with Gasteiger partial charge in [0.25, 0.3) is 0 Å². The third kappa shape index (κ3) is 22.9. The van der Waals surface area contributed by atoms with Crippen LogP contribution in [0.2, 0.25) is 0 Å². The number of hydrogen-bond acceptors (Lipinski definition) is 10. The summed E-state index contributed by atoms with van der Waals surface area (Å²) in [5.74, 6) is -2.73. The molecule has 0 heterocycles. The van der Waals surface area contributed by atoms with E-state index in [9.17, 15) is 19.8 Å². The minimum atomic E-state index is -2.73. The lowest BCUT2D eigenvalue weighted by molar-refractivity contribution is -0.317. The van der Waals surface area contributed by atoms with Gasteiger partial charge in [0.15, 0.2) is 6.29 Å². The molecule has 0 amide bonds. The Hall–Kier alpha value is -1.18. The summed E-state index contributed by atoms with van der Waals surface area (Å²) in [7, 11) is 0. The normalized spacial score (nSPS) is 10.4. The first kappa shape index (κ1) is 29.0. The number of hydrogen-bond donors (Lipinski definition) is 4. The Morgan fingerprint density at radius 2 is 1.50 bits per heavy atom. The highest BCUT2D eigenvalue weighted by atomic mass is 79.9. The van der Waals surface area contributed by atoms with E-state index in [0.29, 0.717) is 15.4 Å². The van der Waals surface area contributed by atoms with Crippen LogP contribution in [0.25, 0.3) is 0 Å². The Bertz CT molecular complexity index is 494. The van der Waals surface area contributed by atoms with Crippen molar-refractivity contribution in [2.45, 2.75) is 44.9 Å². The highest BCUT2D eigenvalue weighted by molar-refractivity contribution is 9.12. The van der Waals surface area contributed by atoms with E-state index in [4.69, 9.17) is 10.2 Å². The van der Waals surface area contributed by atoms with Crippen LogP contribution in [0.5, 0.6) is 0 Å². The summed E-state index contributed by atoms with van der Waals surface area (Å²) in [4.78, 5) is 22.2. The number of halogens is 2. The topological polar surface area (TPSA) is 152 Å². The van der Waals surface area contributed by atoms with E-state index in [2.05, 4.69) is 64.0 Å². The molecule has 0 radical (unpaired) electrons. The molecule has 28 heavy (non-hydrogen) atoms. The molecule has 0 aromatic carbocycles. The highest BCUT2D eigenvalue weighted by Gasteiger charge is 2.29. The van der Waals surface area contributed by atoms with E-state index in [1.54, 1.807) is 0 Å². The van der Waals surface area contributed by atoms with E-state index >= 15 is 0 Å². The van der Waals surface area contributed by atoms with Crippen LogP contribution in [0.4, 0.5) is 9.59 Å². The van der Waals surface area contributed by atoms with Gasteiger partial charge in [0, 0.05) is 15.4 Å². The molecular weight excluding hydrogens is 512 g/mol. The van der Waals surface area contributed by atoms with Crippen LogP contribution in [0.15, 0.2) is 22.1 Å². The molecule has 4 N–H and O–H groups in total. The van der Waals surface area contributed by atoms with E-state index in [1.165, 1.54) is 0 Å². The van der Waals surface area contributed by atoms with Crippen LogP contribution in [0.1, 0.15) is 32.6 Å². The van der Waals surface area contributed by atoms with Crippen LogP contribution in [-0.2, 0) is 18.9 Å². The molecule has 0 aliphatic carbocycles. The van der Waals surface area contributed by atoms with Gasteiger partial charge in [0.1, 0.15) is 13.2 Å². The Morgan fingerprint density at radius 1 is 1.00 bits per heavy atom. The number of rotatable bonds is 11. The summed E-state index contributed by atoms with van der Waals surface area (Å²) in [6, 6.07) is 0. The molecule has 0 unspecified atom stereocenters. The minimum absolute atomic E-state index is 0.00971. The maximum atomic E-state index is 11.1. The maximum Gasteiger partial charge on any atom is 0.512 e. The van der Waals surface area contributed by atoms with Crippen molar-refractivity contribution in [1.29, 1.82) is 0 Å². The maximum absolute atomic E-state index is 11.1. The van der Waals surface area contributed by atoms with Gasteiger partial charge in [-0.2, -0.15) is 0 Å². The molecule has 0 rings (SSSR count). The van der Waals surface area contributed by atoms with Crippen molar-refractivity contribution in [3.8, 4) is 0 Å². The second-order valence-corrected chi connectivity index (χ2v) is 7.42. The summed E-state index contributed by atoms with van der Waals surface area (Å²) < 4.78 is 18.8. The lowest BCUT2D eigenvalue weighted by Gasteiger charge is -2.20. The SMILES string of the molecule is C=C(Br)COC(=O)OCCCC(O)(O)OC(=O)OCC(=C)Br.CCCC(O)O. The Kier molecular flexibility index (Phi) is 17.4. The molecule has 0 saturated heterocycles. The zero-order valence-corrected chi connectivity index (χ0v) is 18.6. The van der Waals surface area contributed by atoms with Gasteiger partial charge in [-0.1, -0.05) is 58.4 Å². The number of ether oxygens (including phenoxy) is 4. The first-order valence-corrected chi connectivity index (χ1v) is 9.61. The molecule has 0 spiro atoms. The zero-order valence-electron chi connectivity index (χ0n) is 15.4. The van der Waals surface area contributed by atoms with E-state index < -0.39 is 31.0 Å². The zero-order chi connectivity index (χ0) is 22.2. The summed E-state index contributed by atoms with van der Waals surface area (Å²) in [6.07, 6.45) is -2.38. The third-order valence-corrected chi connectivity index (χ3v) is 2.81. The number of aliphatic hydroxyl groups is 4. The van der Waals surface area contributed by atoms with Gasteiger partial charge in [0.2, 0.25) is 0 Å². The fraction of sp³-hybridized carbons (Fsp3) is 0.625. The largest absolute Gasteiger partial charge is 0.512 e. The average Bonchev–Trinajstić information content (AvgIpc) is 2.55. The molecule has 0 aromatic rings. The van der Waals surface area contributed by atoms with Gasteiger partial charge >= 0.3 is 18.3 Å². The summed E-state index contributed by atoms with van der Waals surface area (Å²) in [6.45, 7) is 8.39. The van der Waals surface area contributed by atoms with Crippen molar-refractivity contribution < 1.29 is 49.0 Å². The first-order valence-electron chi connectivity index (χ1n) is 8.02. The minimum Gasteiger partial charge on any atom is -0.434 e. The second kappa shape index (κ2) is 16.7. The summed E-state index contributed by atoms with van der Waals surface area (Å²) in [5.41, 5.74) is 0. The molecule has 0 aromatic heterocycles. The quantitative estimate of drug-likeness (QED) is 0.176. The molecule has 0 aliphatic heterocycles. The van der Waals surface area contributed by atoms with Gasteiger partial charge in [-0.3, -0.25) is 0 Å². The first-order chi connectivity index (χ1) is 12.9. The predicted molar refractivity (Wildman–Crippen MR) is 105 cm³/mol. The van der Waals surface area contributed by atoms with Gasteiger partial charge in [0.05, 0.1) is 6.61 Å². The van der Waals surface area contributed by atoms with Gasteiger partial charge in [-0.15, -0.1) is 0 Å². The van der Waals surface area contributed by atoms with Crippen molar-refractivity contribution in [1.82, 2.24) is 0 Å². The summed E-state index contributed by atoms with van der Waals surface area (Å²) >= 11 is 5.94. The van der Waals surface area contributed by atoms with Crippen molar-refractivity contribution in [2.75, 3.05) is 19.8 Å². The predicted octanol–water partition coefficient (Wildman–Crippen LogP) is 2.63. The molecule has 0 atom stereocenters. The van der Waals surface area contributed by atoms with E-state index in [1.807, 2.05) is 6.92 Å². The van der Waals surface area contributed by atoms with Crippen LogP contribution < -0.4 is 0 Å². The molecule has 10 nitrogen and oxygen atoms in total. The van der Waals surface area contributed by atoms with Crippen molar-refractivity contribution in [3.63, 3.8) is 0 Å². The number of carbonyl (C=O) groups is 2. The van der Waals surface area contributed by atoms with E-state index in [-0.39, 0.29) is 26.2 Å². The van der Waals surface area contributed by atoms with Gasteiger partial charge < -0.3 is 39.4 Å². The van der Waals surface area contributed by atoms with Crippen LogP contribution in [0.3, 0.4) is 0 Å². The molecule has 12 heteroatoms. The van der Waals surface area contributed by atoms with Gasteiger partial charge in [-0.05, 0) is 12.8 Å². The molecule has 0 fully saturated rings. The molecule has 0 saturated carbocycles. The lowest BCUT2D eigenvalue weighted by Crippen LogP contribution is -2.35. The Labute approximate surface area is 180 Å². The summed E-state index contributed by atoms with van der Waals surface area (Å²) in [5, 5.41) is 35.0. The Morgan fingerprint density at radius 3 is 1.89 bits per heavy atom. The number of carbonyl (C=O) groups excluding carboxylic acids is 2. The molecular formula is C16H26Br2O10. The average molecular weight is 538 g/mol. The van der Waals surface area contributed by atoms with Crippen LogP contribution >= 0.6 is 31.9 Å². The van der Waals surface area contributed by atoms with E-state index in [0.717, 1.165) is 6.42 Å². The van der Waals surface area contributed by atoms with Gasteiger partial charge in [-0.25, -0.2) is 9.59 Å². The Balaban J connectivity index is 0. The van der Waals surface area contributed by atoms with Crippen molar-refractivity contribution >= 4 is 44.2 Å². The van der Waals surface area contributed by atoms with Crippen LogP contribution in [-0.4, -0.2) is 64.8 Å². The third-order valence-electron chi connectivity index (χ3n) is 2.35. The molecule has 0 bridgehead atoms. The second-order valence-electron chi connectivity index (χ2n) is 5.18. The monoisotopic (exact) mass is 536 g/mol. The number of aliphatic hydroxyl groups excluding tert-OH is 1. The smallest absolute Gasteiger partial charge is 0.434 e. The lowest BCUT2D eigenvalue weighted by atomic mass is 10.3. The fourth-order valence-electron chi connectivity index (χ4n) is 1.25. The fourth-order valence-corrected chi connectivity index (χ4v) is 1.48. The van der Waals surface area contributed by atoms with Crippen molar-refractivity contribution in [3.05, 3.63) is 22.1 Å².